The van der Waals surface area contributed by atoms with Crippen LogP contribution in [-0.4, -0.2) is 19.5 Å². The molecule has 0 saturated heterocycles. The van der Waals surface area contributed by atoms with Crippen LogP contribution in [0.25, 0.3) is 83.9 Å². The van der Waals surface area contributed by atoms with Crippen molar-refractivity contribution in [3.63, 3.8) is 0 Å². The fourth-order valence-corrected chi connectivity index (χ4v) is 7.18. The first-order valence-electron chi connectivity index (χ1n) is 17.7. The smallest absolute Gasteiger partial charge is 0.164 e. The first kappa shape index (κ1) is 31.3. The lowest BCUT2D eigenvalue weighted by Gasteiger charge is -2.13. The van der Waals surface area contributed by atoms with Gasteiger partial charge in [0.25, 0.3) is 0 Å². The van der Waals surface area contributed by atoms with E-state index in [1.165, 1.54) is 49.7 Å². The molecule has 9 rings (SSSR count). The third-order valence-electron chi connectivity index (χ3n) is 9.95. The van der Waals surface area contributed by atoms with Crippen LogP contribution in [0.15, 0.2) is 164 Å². The number of fused-ring (bicyclic) bond motifs is 3. The van der Waals surface area contributed by atoms with E-state index in [1.54, 1.807) is 0 Å². The van der Waals surface area contributed by atoms with Gasteiger partial charge in [0, 0.05) is 33.2 Å². The minimum absolute atomic E-state index is 0.646. The van der Waals surface area contributed by atoms with Crippen molar-refractivity contribution >= 4 is 21.8 Å². The average molecular weight is 669 g/mol. The number of aryl methyl sites for hydroxylation is 3. The lowest BCUT2D eigenvalue weighted by atomic mass is 9.93. The summed E-state index contributed by atoms with van der Waals surface area (Å²) in [5.74, 6) is 1.96. The molecule has 0 unspecified atom stereocenters. The predicted molar refractivity (Wildman–Crippen MR) is 216 cm³/mol. The molecule has 4 nitrogen and oxygen atoms in total. The van der Waals surface area contributed by atoms with Gasteiger partial charge in [0.2, 0.25) is 0 Å². The van der Waals surface area contributed by atoms with Crippen molar-refractivity contribution in [2.24, 2.45) is 0 Å². The normalized spacial score (nSPS) is 11.4. The third kappa shape index (κ3) is 5.65. The molecule has 0 N–H and O–H groups in total. The minimum Gasteiger partial charge on any atom is -0.309 e. The zero-order valence-corrected chi connectivity index (χ0v) is 29.4. The monoisotopic (exact) mass is 668 g/mol. The predicted octanol–water partition coefficient (Wildman–Crippen LogP) is 12.2. The summed E-state index contributed by atoms with van der Waals surface area (Å²) in [6.07, 6.45) is 0. The van der Waals surface area contributed by atoms with Gasteiger partial charge in [0.15, 0.2) is 17.5 Å². The summed E-state index contributed by atoms with van der Waals surface area (Å²) in [5.41, 5.74) is 14.6. The Morgan fingerprint density at radius 1 is 0.385 bits per heavy atom. The highest BCUT2D eigenvalue weighted by Crippen LogP contribution is 2.42. The van der Waals surface area contributed by atoms with Crippen molar-refractivity contribution < 1.29 is 0 Å². The Morgan fingerprint density at radius 2 is 0.942 bits per heavy atom. The van der Waals surface area contributed by atoms with Crippen LogP contribution in [0.5, 0.6) is 0 Å². The van der Waals surface area contributed by atoms with Crippen LogP contribution < -0.4 is 0 Å². The Balaban J connectivity index is 1.27. The van der Waals surface area contributed by atoms with Crippen LogP contribution in [0.3, 0.4) is 0 Å². The van der Waals surface area contributed by atoms with Gasteiger partial charge < -0.3 is 4.57 Å². The Kier molecular flexibility index (Phi) is 7.78. The number of hydrogen-bond acceptors (Lipinski definition) is 3. The van der Waals surface area contributed by atoms with Gasteiger partial charge in [0.1, 0.15) is 0 Å². The summed E-state index contributed by atoms with van der Waals surface area (Å²) >= 11 is 0. The number of aromatic nitrogens is 4. The molecule has 7 aromatic carbocycles. The van der Waals surface area contributed by atoms with Gasteiger partial charge in [-0.05, 0) is 85.0 Å². The molecule has 2 aromatic heterocycles. The molecule has 2 heterocycles. The summed E-state index contributed by atoms with van der Waals surface area (Å²) < 4.78 is 2.38. The fourth-order valence-electron chi connectivity index (χ4n) is 7.18. The van der Waals surface area contributed by atoms with Crippen LogP contribution in [0.1, 0.15) is 16.7 Å². The van der Waals surface area contributed by atoms with E-state index < -0.39 is 0 Å². The van der Waals surface area contributed by atoms with Crippen molar-refractivity contribution in [2.75, 3.05) is 0 Å². The Hall–Kier alpha value is -6.65. The highest BCUT2D eigenvalue weighted by molar-refractivity contribution is 6.17. The summed E-state index contributed by atoms with van der Waals surface area (Å²) in [4.78, 5) is 15.1. The molecule has 0 amide bonds. The van der Waals surface area contributed by atoms with E-state index in [2.05, 4.69) is 189 Å². The summed E-state index contributed by atoms with van der Waals surface area (Å²) in [6.45, 7) is 6.37. The molecule has 248 valence electrons. The Bertz CT molecular complexity index is 2660. The topological polar surface area (TPSA) is 43.6 Å². The number of hydrogen-bond donors (Lipinski definition) is 0. The van der Waals surface area contributed by atoms with Crippen LogP contribution in [-0.2, 0) is 0 Å². The number of nitrogens with zero attached hydrogens (tertiary/aromatic N) is 4. The van der Waals surface area contributed by atoms with Crippen LogP contribution in [0.4, 0.5) is 0 Å². The van der Waals surface area contributed by atoms with Crippen LogP contribution in [0, 0.1) is 20.8 Å². The average Bonchev–Trinajstić information content (AvgIpc) is 3.53. The van der Waals surface area contributed by atoms with Crippen LogP contribution in [0.2, 0.25) is 0 Å². The quantitative estimate of drug-likeness (QED) is 0.177. The van der Waals surface area contributed by atoms with E-state index in [1.807, 2.05) is 0 Å². The van der Waals surface area contributed by atoms with Gasteiger partial charge in [-0.25, -0.2) is 15.0 Å². The first-order chi connectivity index (χ1) is 25.5. The molecule has 0 aliphatic rings. The molecule has 9 aromatic rings. The van der Waals surface area contributed by atoms with Gasteiger partial charge in [0.05, 0.1) is 11.0 Å². The van der Waals surface area contributed by atoms with E-state index in [0.29, 0.717) is 17.5 Å². The largest absolute Gasteiger partial charge is 0.309 e. The lowest BCUT2D eigenvalue weighted by molar-refractivity contribution is 1.07. The van der Waals surface area contributed by atoms with E-state index in [4.69, 9.17) is 15.0 Å². The van der Waals surface area contributed by atoms with E-state index in [9.17, 15) is 0 Å². The van der Waals surface area contributed by atoms with Crippen molar-refractivity contribution in [3.8, 4) is 62.1 Å². The van der Waals surface area contributed by atoms with Gasteiger partial charge >= 0.3 is 0 Å². The first-order valence-corrected chi connectivity index (χ1v) is 17.7. The number of benzene rings is 7. The minimum atomic E-state index is 0.646. The second-order valence-corrected chi connectivity index (χ2v) is 13.5. The molecular formula is C48H36N4. The second-order valence-electron chi connectivity index (χ2n) is 13.5. The summed E-state index contributed by atoms with van der Waals surface area (Å²) in [6, 6.07) is 58.1. The molecule has 0 radical (unpaired) electrons. The molecule has 0 atom stereocenters. The molecule has 0 fully saturated rings. The van der Waals surface area contributed by atoms with E-state index in [0.717, 1.165) is 33.5 Å². The maximum absolute atomic E-state index is 5.09. The van der Waals surface area contributed by atoms with Crippen molar-refractivity contribution in [2.45, 2.75) is 20.8 Å². The van der Waals surface area contributed by atoms with Crippen molar-refractivity contribution in [3.05, 3.63) is 180 Å². The maximum atomic E-state index is 5.09. The summed E-state index contributed by atoms with van der Waals surface area (Å²) in [5, 5.41) is 2.43. The number of rotatable bonds is 6. The zero-order chi connectivity index (χ0) is 35.2. The fraction of sp³-hybridized carbons (Fsp3) is 0.0625. The van der Waals surface area contributed by atoms with E-state index in [-0.39, 0.29) is 0 Å². The van der Waals surface area contributed by atoms with Crippen molar-refractivity contribution in [1.29, 1.82) is 0 Å². The highest BCUT2D eigenvalue weighted by atomic mass is 15.0. The highest BCUT2D eigenvalue weighted by Gasteiger charge is 2.19. The lowest BCUT2D eigenvalue weighted by Crippen LogP contribution is -2.00. The Morgan fingerprint density at radius 3 is 1.58 bits per heavy atom. The second kappa shape index (κ2) is 12.9. The molecule has 4 heteroatoms. The zero-order valence-electron chi connectivity index (χ0n) is 29.4. The SMILES string of the molecule is Cc1ccc(-c2nc(-c3ccc(C)cc3)nc(-c3ccc(C)c(-c4cccc5c4c4cc(-c6ccccc6)ccc4n5-c4ccccc4)c3)n2)cc1. The van der Waals surface area contributed by atoms with Gasteiger partial charge in [-0.3, -0.25) is 0 Å². The molecule has 0 saturated carbocycles. The molecule has 52 heavy (non-hydrogen) atoms. The third-order valence-corrected chi connectivity index (χ3v) is 9.95. The van der Waals surface area contributed by atoms with Gasteiger partial charge in [-0.2, -0.15) is 0 Å². The molecule has 0 spiro atoms. The van der Waals surface area contributed by atoms with Crippen LogP contribution >= 0.6 is 0 Å². The molecule has 0 bridgehead atoms. The molecule has 0 aliphatic heterocycles. The van der Waals surface area contributed by atoms with Crippen molar-refractivity contribution in [1.82, 2.24) is 19.5 Å². The molecular weight excluding hydrogens is 633 g/mol. The number of para-hydroxylation sites is 1. The summed E-state index contributed by atoms with van der Waals surface area (Å²) in [7, 11) is 0. The van der Waals surface area contributed by atoms with Gasteiger partial charge in [-0.1, -0.05) is 139 Å². The molecule has 0 aliphatic carbocycles. The Labute approximate surface area is 303 Å². The maximum Gasteiger partial charge on any atom is 0.164 e. The standard InChI is InChI=1S/C48H36N4/c1-31-17-22-35(23-18-31)46-49-47(36-24-19-32(2)20-25-36)51-48(50-46)38-26-21-33(3)41(30-38)40-15-10-16-44-45(40)42-29-37(34-11-6-4-7-12-34)27-28-43(42)52(44)39-13-8-5-9-14-39/h4-30H,1-3H3. The van der Waals surface area contributed by atoms with Gasteiger partial charge in [-0.15, -0.1) is 0 Å². The van der Waals surface area contributed by atoms with E-state index >= 15 is 0 Å².